The molecule has 22 heavy (non-hydrogen) atoms. The van der Waals surface area contributed by atoms with Crippen LogP contribution in [0.25, 0.3) is 11.0 Å². The summed E-state index contributed by atoms with van der Waals surface area (Å²) in [7, 11) is 0. The summed E-state index contributed by atoms with van der Waals surface area (Å²) < 4.78 is 13.1. The zero-order valence-electron chi connectivity index (χ0n) is 11.8. The molecule has 0 spiro atoms. The van der Waals surface area contributed by atoms with Crippen LogP contribution in [-0.2, 0) is 16.0 Å². The monoisotopic (exact) mass is 305 g/mol. The molecule has 7 heteroatoms. The maximum atomic E-state index is 13.1. The van der Waals surface area contributed by atoms with Crippen molar-refractivity contribution in [3.05, 3.63) is 29.8 Å². The molecule has 1 aliphatic carbocycles. The van der Waals surface area contributed by atoms with Crippen LogP contribution in [0.3, 0.4) is 0 Å². The number of carboxylic acids is 1. The number of aromatic amines is 1. The van der Waals surface area contributed by atoms with Gasteiger partial charge in [-0.2, -0.15) is 0 Å². The molecule has 1 heterocycles. The molecule has 0 saturated heterocycles. The van der Waals surface area contributed by atoms with E-state index in [2.05, 4.69) is 15.3 Å². The average molecular weight is 305 g/mol. The van der Waals surface area contributed by atoms with Crippen LogP contribution in [0.4, 0.5) is 4.39 Å². The summed E-state index contributed by atoms with van der Waals surface area (Å²) in [5, 5.41) is 11.7. The van der Waals surface area contributed by atoms with Gasteiger partial charge in [-0.25, -0.2) is 9.37 Å². The first-order valence-corrected chi connectivity index (χ1v) is 7.19. The van der Waals surface area contributed by atoms with E-state index in [0.29, 0.717) is 42.7 Å². The number of aliphatic carboxylic acids is 1. The number of hydrogen-bond acceptors (Lipinski definition) is 3. The number of carbonyl (C=O) groups excluding carboxylic acids is 1. The van der Waals surface area contributed by atoms with Crippen molar-refractivity contribution in [1.29, 1.82) is 0 Å². The number of amides is 1. The highest BCUT2D eigenvalue weighted by Gasteiger charge is 2.41. The number of carboxylic acid groups (broad SMARTS) is 1. The van der Waals surface area contributed by atoms with Crippen molar-refractivity contribution < 1.29 is 19.1 Å². The van der Waals surface area contributed by atoms with Gasteiger partial charge in [-0.1, -0.05) is 0 Å². The van der Waals surface area contributed by atoms with Crippen molar-refractivity contribution in [3.8, 4) is 0 Å². The van der Waals surface area contributed by atoms with Crippen molar-refractivity contribution in [2.45, 2.75) is 19.3 Å². The number of imidazole rings is 1. The Balaban J connectivity index is 1.54. The maximum absolute atomic E-state index is 13.1. The summed E-state index contributed by atoms with van der Waals surface area (Å²) in [6.45, 7) is 0.365. The number of rotatable bonds is 5. The number of nitrogens with zero attached hydrogens (tertiary/aromatic N) is 1. The molecule has 2 atom stereocenters. The van der Waals surface area contributed by atoms with Crippen LogP contribution in [0, 0.1) is 17.7 Å². The molecular formula is C15H16FN3O3. The molecular weight excluding hydrogens is 289 g/mol. The van der Waals surface area contributed by atoms with Gasteiger partial charge in [-0.05, 0) is 31.0 Å². The Kier molecular flexibility index (Phi) is 3.79. The lowest BCUT2D eigenvalue weighted by Crippen LogP contribution is -2.44. The predicted octanol–water partition coefficient (Wildman–Crippen LogP) is 1.47. The van der Waals surface area contributed by atoms with E-state index in [1.54, 1.807) is 6.07 Å². The third-order valence-corrected chi connectivity index (χ3v) is 4.08. The van der Waals surface area contributed by atoms with Crippen LogP contribution in [0.1, 0.15) is 18.7 Å². The Morgan fingerprint density at radius 1 is 1.36 bits per heavy atom. The lowest BCUT2D eigenvalue weighted by Gasteiger charge is -2.31. The largest absolute Gasteiger partial charge is 0.481 e. The minimum absolute atomic E-state index is 0.221. The molecule has 116 valence electrons. The molecule has 2 unspecified atom stereocenters. The molecule has 0 bridgehead atoms. The van der Waals surface area contributed by atoms with Gasteiger partial charge >= 0.3 is 5.97 Å². The van der Waals surface area contributed by atoms with E-state index >= 15 is 0 Å². The summed E-state index contributed by atoms with van der Waals surface area (Å²) in [6.07, 6.45) is 1.65. The molecule has 3 N–H and O–H groups in total. The standard InChI is InChI=1S/C15H16FN3O3/c16-8-1-4-11-12(7-8)19-13(18-11)5-6-17-14(20)9-2-3-10(9)15(21)22/h1,4,7,9-10H,2-3,5-6H2,(H,17,20)(H,18,19)(H,21,22). The molecule has 0 radical (unpaired) electrons. The number of nitrogens with one attached hydrogen (secondary N) is 2. The van der Waals surface area contributed by atoms with E-state index in [4.69, 9.17) is 5.11 Å². The van der Waals surface area contributed by atoms with E-state index in [-0.39, 0.29) is 11.7 Å². The van der Waals surface area contributed by atoms with Crippen LogP contribution in [0.5, 0.6) is 0 Å². The van der Waals surface area contributed by atoms with E-state index in [1.807, 2.05) is 0 Å². The van der Waals surface area contributed by atoms with Gasteiger partial charge in [0, 0.05) is 13.0 Å². The van der Waals surface area contributed by atoms with Crippen LogP contribution >= 0.6 is 0 Å². The second-order valence-corrected chi connectivity index (χ2v) is 5.51. The molecule has 1 aromatic carbocycles. The summed E-state index contributed by atoms with van der Waals surface area (Å²) >= 11 is 0. The van der Waals surface area contributed by atoms with Gasteiger partial charge in [-0.3, -0.25) is 9.59 Å². The number of aromatic nitrogens is 2. The molecule has 1 saturated carbocycles. The van der Waals surface area contributed by atoms with Crippen LogP contribution in [0.2, 0.25) is 0 Å². The van der Waals surface area contributed by atoms with E-state index in [9.17, 15) is 14.0 Å². The molecule has 1 amide bonds. The first kappa shape index (κ1) is 14.5. The summed E-state index contributed by atoms with van der Waals surface area (Å²) in [6, 6.07) is 4.31. The molecule has 6 nitrogen and oxygen atoms in total. The second kappa shape index (κ2) is 5.75. The third kappa shape index (κ3) is 2.79. The zero-order chi connectivity index (χ0) is 15.7. The van der Waals surface area contributed by atoms with Gasteiger partial charge in [-0.15, -0.1) is 0 Å². The van der Waals surface area contributed by atoms with Crippen molar-refractivity contribution >= 4 is 22.9 Å². The second-order valence-electron chi connectivity index (χ2n) is 5.51. The van der Waals surface area contributed by atoms with Crippen molar-refractivity contribution in [2.24, 2.45) is 11.8 Å². The van der Waals surface area contributed by atoms with Crippen molar-refractivity contribution in [1.82, 2.24) is 15.3 Å². The number of benzene rings is 1. The fraction of sp³-hybridized carbons (Fsp3) is 0.400. The Morgan fingerprint density at radius 3 is 2.82 bits per heavy atom. The third-order valence-electron chi connectivity index (χ3n) is 4.08. The molecule has 2 aromatic rings. The topological polar surface area (TPSA) is 95.1 Å². The van der Waals surface area contributed by atoms with Crippen LogP contribution in [0.15, 0.2) is 18.2 Å². The smallest absolute Gasteiger partial charge is 0.307 e. The first-order valence-electron chi connectivity index (χ1n) is 7.19. The molecule has 1 aromatic heterocycles. The van der Waals surface area contributed by atoms with Gasteiger partial charge < -0.3 is 15.4 Å². The zero-order valence-corrected chi connectivity index (χ0v) is 11.8. The number of carbonyl (C=O) groups is 2. The molecule has 0 aliphatic heterocycles. The Bertz CT molecular complexity index is 728. The number of H-pyrrole nitrogens is 1. The number of fused-ring (bicyclic) bond motifs is 1. The summed E-state index contributed by atoms with van der Waals surface area (Å²) in [5.74, 6) is -1.80. The summed E-state index contributed by atoms with van der Waals surface area (Å²) in [4.78, 5) is 30.1. The predicted molar refractivity (Wildman–Crippen MR) is 76.6 cm³/mol. The van der Waals surface area contributed by atoms with Gasteiger partial charge in [0.15, 0.2) is 0 Å². The fourth-order valence-corrected chi connectivity index (χ4v) is 2.70. The Morgan fingerprint density at radius 2 is 2.14 bits per heavy atom. The molecule has 3 rings (SSSR count). The maximum Gasteiger partial charge on any atom is 0.307 e. The minimum atomic E-state index is -0.911. The van der Waals surface area contributed by atoms with Gasteiger partial charge in [0.25, 0.3) is 0 Å². The Labute approximate surface area is 125 Å². The van der Waals surface area contributed by atoms with Crippen LogP contribution in [-0.4, -0.2) is 33.5 Å². The highest BCUT2D eigenvalue weighted by Crippen LogP contribution is 2.34. The van der Waals surface area contributed by atoms with Crippen molar-refractivity contribution in [3.63, 3.8) is 0 Å². The van der Waals surface area contributed by atoms with Gasteiger partial charge in [0.05, 0.1) is 22.9 Å². The highest BCUT2D eigenvalue weighted by atomic mass is 19.1. The van der Waals surface area contributed by atoms with E-state index in [1.165, 1.54) is 12.1 Å². The fourth-order valence-electron chi connectivity index (χ4n) is 2.70. The quantitative estimate of drug-likeness (QED) is 0.779. The first-order chi connectivity index (χ1) is 10.5. The van der Waals surface area contributed by atoms with Gasteiger partial charge in [0.1, 0.15) is 11.6 Å². The van der Waals surface area contributed by atoms with Gasteiger partial charge in [0.2, 0.25) is 5.91 Å². The SMILES string of the molecule is O=C(O)C1CCC1C(=O)NCCc1nc2ccc(F)cc2[nH]1. The highest BCUT2D eigenvalue weighted by molar-refractivity contribution is 5.86. The van der Waals surface area contributed by atoms with E-state index in [0.717, 1.165) is 0 Å². The summed E-state index contributed by atoms with van der Waals surface area (Å²) in [5.41, 5.74) is 1.29. The normalized spacial score (nSPS) is 20.6. The van der Waals surface area contributed by atoms with Crippen molar-refractivity contribution in [2.75, 3.05) is 6.54 Å². The Hall–Kier alpha value is -2.44. The van der Waals surface area contributed by atoms with Crippen LogP contribution < -0.4 is 5.32 Å². The minimum Gasteiger partial charge on any atom is -0.481 e. The number of hydrogen-bond donors (Lipinski definition) is 3. The lowest BCUT2D eigenvalue weighted by atomic mass is 9.73. The molecule has 1 aliphatic rings. The lowest BCUT2D eigenvalue weighted by molar-refractivity contribution is -0.152. The number of halogens is 1. The molecule has 1 fully saturated rings. The van der Waals surface area contributed by atoms with E-state index < -0.39 is 17.8 Å². The average Bonchev–Trinajstić information content (AvgIpc) is 2.78.